The van der Waals surface area contributed by atoms with Gasteiger partial charge in [-0.05, 0) is 42.5 Å². The number of pyridine rings is 1. The topological polar surface area (TPSA) is 88.3 Å². The third-order valence-corrected chi connectivity index (χ3v) is 4.90. The van der Waals surface area contributed by atoms with Crippen LogP contribution in [0.2, 0.25) is 10.0 Å². The third-order valence-electron chi connectivity index (χ3n) is 4.29. The number of halogens is 5. The van der Waals surface area contributed by atoms with E-state index >= 15 is 0 Å². The number of benzene rings is 2. The molecule has 0 saturated carbocycles. The maximum atomic E-state index is 13.2. The van der Waals surface area contributed by atoms with Crippen LogP contribution in [-0.4, -0.2) is 23.3 Å². The summed E-state index contributed by atoms with van der Waals surface area (Å²) in [7, 11) is 0. The van der Waals surface area contributed by atoms with E-state index in [1.807, 2.05) is 0 Å². The monoisotopic (exact) mass is 482 g/mol. The predicted octanol–water partition coefficient (Wildman–Crippen LogP) is 5.28. The second-order valence-electron chi connectivity index (χ2n) is 6.52. The number of alkyl halides is 3. The van der Waals surface area contributed by atoms with Crippen LogP contribution in [0.4, 0.5) is 30.4 Å². The number of para-hydroxylation sites is 1. The van der Waals surface area contributed by atoms with Crippen LogP contribution in [0.3, 0.4) is 0 Å². The average molecular weight is 483 g/mol. The first-order chi connectivity index (χ1) is 15.1. The molecule has 0 radical (unpaired) electrons. The van der Waals surface area contributed by atoms with Crippen molar-refractivity contribution in [1.29, 1.82) is 0 Å². The molecule has 0 unspecified atom stereocenters. The van der Waals surface area contributed by atoms with Gasteiger partial charge in [0, 0.05) is 11.8 Å². The Labute approximate surface area is 190 Å². The SMILES string of the molecule is NC(=O)CN(c1cc(C(=O)Nc2ccccc2C(F)(F)F)ccc1Cl)c1ncccc1Cl. The van der Waals surface area contributed by atoms with Crippen molar-refractivity contribution in [3.63, 3.8) is 0 Å². The van der Waals surface area contributed by atoms with Gasteiger partial charge in [-0.2, -0.15) is 13.2 Å². The first-order valence-corrected chi connectivity index (χ1v) is 9.77. The lowest BCUT2D eigenvalue weighted by atomic mass is 10.1. The summed E-state index contributed by atoms with van der Waals surface area (Å²) >= 11 is 12.5. The normalized spacial score (nSPS) is 11.2. The fraction of sp³-hybridized carbons (Fsp3) is 0.0952. The van der Waals surface area contributed by atoms with Gasteiger partial charge in [0.2, 0.25) is 5.91 Å². The van der Waals surface area contributed by atoms with Gasteiger partial charge in [-0.1, -0.05) is 35.3 Å². The molecule has 0 bridgehead atoms. The number of primary amides is 1. The highest BCUT2D eigenvalue weighted by atomic mass is 35.5. The zero-order valence-corrected chi connectivity index (χ0v) is 17.7. The summed E-state index contributed by atoms with van der Waals surface area (Å²) in [5, 5.41) is 2.59. The van der Waals surface area contributed by atoms with E-state index in [1.165, 1.54) is 47.5 Å². The van der Waals surface area contributed by atoms with Crippen LogP contribution >= 0.6 is 23.2 Å². The van der Waals surface area contributed by atoms with Crippen molar-refractivity contribution in [3.8, 4) is 0 Å². The quantitative estimate of drug-likeness (QED) is 0.499. The van der Waals surface area contributed by atoms with E-state index in [9.17, 15) is 22.8 Å². The molecule has 1 heterocycles. The smallest absolute Gasteiger partial charge is 0.368 e. The van der Waals surface area contributed by atoms with Crippen LogP contribution in [-0.2, 0) is 11.0 Å². The molecule has 0 saturated heterocycles. The standard InChI is InChI=1S/C21H15Cl2F3N4O2/c22-14-8-7-12(20(32)29-16-6-2-1-4-13(16)21(24,25)26)10-17(14)30(11-18(27)31)19-15(23)5-3-9-28-19/h1-10H,11H2,(H2,27,31)(H,29,32). The molecular weight excluding hydrogens is 468 g/mol. The summed E-state index contributed by atoms with van der Waals surface area (Å²) in [6.07, 6.45) is -3.21. The average Bonchev–Trinajstić information content (AvgIpc) is 2.72. The molecule has 0 atom stereocenters. The molecule has 2 aromatic carbocycles. The minimum absolute atomic E-state index is 0.0112. The van der Waals surface area contributed by atoms with Crippen molar-refractivity contribution in [2.24, 2.45) is 5.73 Å². The number of aromatic nitrogens is 1. The Morgan fingerprint density at radius 2 is 1.75 bits per heavy atom. The van der Waals surface area contributed by atoms with Crippen molar-refractivity contribution in [3.05, 3.63) is 82.0 Å². The fourth-order valence-electron chi connectivity index (χ4n) is 2.90. The Balaban J connectivity index is 2.00. The number of nitrogens with one attached hydrogen (secondary N) is 1. The van der Waals surface area contributed by atoms with Gasteiger partial charge in [0.15, 0.2) is 5.82 Å². The molecule has 0 aliphatic rings. The first-order valence-electron chi connectivity index (χ1n) is 9.01. The molecule has 166 valence electrons. The lowest BCUT2D eigenvalue weighted by Gasteiger charge is -2.24. The molecule has 0 aliphatic carbocycles. The van der Waals surface area contributed by atoms with E-state index in [0.717, 1.165) is 12.1 Å². The molecule has 0 aliphatic heterocycles. The number of anilines is 3. The molecule has 0 fully saturated rings. The van der Waals surface area contributed by atoms with Crippen LogP contribution in [0.5, 0.6) is 0 Å². The Bertz CT molecular complexity index is 1170. The second kappa shape index (κ2) is 9.46. The summed E-state index contributed by atoms with van der Waals surface area (Å²) < 4.78 is 39.7. The molecule has 0 spiro atoms. The maximum absolute atomic E-state index is 13.2. The van der Waals surface area contributed by atoms with Gasteiger partial charge < -0.3 is 16.0 Å². The fourth-order valence-corrected chi connectivity index (χ4v) is 3.34. The van der Waals surface area contributed by atoms with Crippen LogP contribution < -0.4 is 16.0 Å². The number of nitrogens with zero attached hydrogens (tertiary/aromatic N) is 2. The van der Waals surface area contributed by atoms with Gasteiger partial charge in [0.1, 0.15) is 6.54 Å². The van der Waals surface area contributed by atoms with E-state index in [4.69, 9.17) is 28.9 Å². The van der Waals surface area contributed by atoms with Crippen molar-refractivity contribution in [2.75, 3.05) is 16.8 Å². The molecule has 11 heteroatoms. The number of amides is 2. The lowest BCUT2D eigenvalue weighted by Crippen LogP contribution is -2.31. The van der Waals surface area contributed by atoms with Gasteiger partial charge in [0.05, 0.1) is 27.0 Å². The number of rotatable bonds is 6. The van der Waals surface area contributed by atoms with Crippen molar-refractivity contribution in [1.82, 2.24) is 4.98 Å². The summed E-state index contributed by atoms with van der Waals surface area (Å²) in [5.74, 6) is -1.38. The molecule has 3 rings (SSSR count). The van der Waals surface area contributed by atoms with Gasteiger partial charge in [-0.3, -0.25) is 9.59 Å². The van der Waals surface area contributed by atoms with Crippen LogP contribution in [0.1, 0.15) is 15.9 Å². The van der Waals surface area contributed by atoms with Crippen LogP contribution in [0, 0.1) is 0 Å². The number of hydrogen-bond donors (Lipinski definition) is 2. The summed E-state index contributed by atoms with van der Waals surface area (Å²) in [6, 6.07) is 11.7. The van der Waals surface area contributed by atoms with Crippen molar-refractivity contribution in [2.45, 2.75) is 6.18 Å². The Morgan fingerprint density at radius 3 is 2.41 bits per heavy atom. The third kappa shape index (κ3) is 5.30. The van der Waals surface area contributed by atoms with Gasteiger partial charge in [0.25, 0.3) is 5.91 Å². The summed E-state index contributed by atoms with van der Waals surface area (Å²) in [5.41, 5.74) is 4.12. The number of carbonyl (C=O) groups excluding carboxylic acids is 2. The minimum atomic E-state index is -4.65. The van der Waals surface area contributed by atoms with Crippen molar-refractivity contribution < 1.29 is 22.8 Å². The van der Waals surface area contributed by atoms with Gasteiger partial charge in [-0.15, -0.1) is 0 Å². The molecule has 3 N–H and O–H groups in total. The zero-order chi connectivity index (χ0) is 23.5. The second-order valence-corrected chi connectivity index (χ2v) is 7.34. The predicted molar refractivity (Wildman–Crippen MR) is 116 cm³/mol. The number of hydrogen-bond acceptors (Lipinski definition) is 4. The van der Waals surface area contributed by atoms with E-state index in [-0.39, 0.29) is 33.7 Å². The first kappa shape index (κ1) is 23.4. The molecule has 2 amide bonds. The lowest BCUT2D eigenvalue weighted by molar-refractivity contribution is -0.136. The van der Waals surface area contributed by atoms with E-state index in [0.29, 0.717) is 0 Å². The zero-order valence-electron chi connectivity index (χ0n) is 16.2. The number of nitrogens with two attached hydrogens (primary N) is 1. The highest BCUT2D eigenvalue weighted by Crippen LogP contribution is 2.36. The molecule has 1 aromatic heterocycles. The Morgan fingerprint density at radius 1 is 1.03 bits per heavy atom. The maximum Gasteiger partial charge on any atom is 0.418 e. The summed E-state index contributed by atoms with van der Waals surface area (Å²) in [6.45, 7) is -0.363. The molecule has 32 heavy (non-hydrogen) atoms. The highest BCUT2D eigenvalue weighted by Gasteiger charge is 2.33. The van der Waals surface area contributed by atoms with E-state index < -0.39 is 29.2 Å². The van der Waals surface area contributed by atoms with E-state index in [2.05, 4.69) is 10.3 Å². The van der Waals surface area contributed by atoms with E-state index in [1.54, 1.807) is 6.07 Å². The summed E-state index contributed by atoms with van der Waals surface area (Å²) in [4.78, 5) is 29.8. The van der Waals surface area contributed by atoms with Crippen LogP contribution in [0.25, 0.3) is 0 Å². The van der Waals surface area contributed by atoms with Crippen LogP contribution in [0.15, 0.2) is 60.8 Å². The number of carbonyl (C=O) groups is 2. The largest absolute Gasteiger partial charge is 0.418 e. The van der Waals surface area contributed by atoms with Gasteiger partial charge >= 0.3 is 6.18 Å². The molecule has 6 nitrogen and oxygen atoms in total. The highest BCUT2D eigenvalue weighted by molar-refractivity contribution is 6.35. The molecule has 3 aromatic rings. The van der Waals surface area contributed by atoms with Crippen molar-refractivity contribution >= 4 is 52.2 Å². The minimum Gasteiger partial charge on any atom is -0.368 e. The molecular formula is C21H15Cl2F3N4O2. The Hall–Kier alpha value is -3.30. The van der Waals surface area contributed by atoms with Gasteiger partial charge in [-0.25, -0.2) is 4.98 Å². The Kier molecular flexibility index (Phi) is 6.90.